The monoisotopic (exact) mass is 345 g/mol. The van der Waals surface area contributed by atoms with E-state index in [1.807, 2.05) is 44.2 Å². The van der Waals surface area contributed by atoms with Crippen molar-refractivity contribution in [2.24, 2.45) is 5.92 Å². The van der Waals surface area contributed by atoms with Crippen LogP contribution in [-0.4, -0.2) is 46.6 Å². The summed E-state index contributed by atoms with van der Waals surface area (Å²) in [4.78, 5) is 13.5. The molecule has 1 saturated heterocycles. The number of ether oxygens (including phenoxy) is 2. The zero-order chi connectivity index (χ0) is 17.7. The summed E-state index contributed by atoms with van der Waals surface area (Å²) in [5, 5.41) is 13.9. The van der Waals surface area contributed by atoms with Crippen molar-refractivity contribution in [3.63, 3.8) is 0 Å². The molecule has 2 heterocycles. The van der Waals surface area contributed by atoms with E-state index in [0.717, 1.165) is 12.1 Å². The molecule has 1 fully saturated rings. The van der Waals surface area contributed by atoms with E-state index in [4.69, 9.17) is 9.47 Å². The molecule has 134 valence electrons. The zero-order valence-corrected chi connectivity index (χ0v) is 14.4. The Balaban J connectivity index is 1.46. The summed E-state index contributed by atoms with van der Waals surface area (Å²) in [6.45, 7) is 5.73. The molecule has 0 saturated carbocycles. The number of aromatic nitrogens is 3. The van der Waals surface area contributed by atoms with Crippen molar-refractivity contribution in [3.8, 4) is 5.69 Å². The van der Waals surface area contributed by atoms with Crippen molar-refractivity contribution < 1.29 is 14.3 Å². The van der Waals surface area contributed by atoms with Gasteiger partial charge in [-0.2, -0.15) is 5.10 Å². The van der Waals surface area contributed by atoms with Gasteiger partial charge in [-0.25, -0.2) is 4.79 Å². The molecule has 8 heteroatoms. The maximum Gasteiger partial charge on any atom is 0.320 e. The topological polar surface area (TPSA) is 90.3 Å². The SMILES string of the molecule is C[C@@H](CNC(=O)Nc1cnn(-c2ccccc2)n1)CC1(C)OCCO1. The van der Waals surface area contributed by atoms with E-state index >= 15 is 0 Å². The van der Waals surface area contributed by atoms with Crippen molar-refractivity contribution in [1.82, 2.24) is 20.3 Å². The molecule has 2 N–H and O–H groups in total. The van der Waals surface area contributed by atoms with Crippen LogP contribution in [0.2, 0.25) is 0 Å². The molecule has 1 aliphatic heterocycles. The number of nitrogens with one attached hydrogen (secondary N) is 2. The average Bonchev–Trinajstić information content (AvgIpc) is 3.23. The van der Waals surface area contributed by atoms with Crippen LogP contribution in [0.1, 0.15) is 20.3 Å². The lowest BCUT2D eigenvalue weighted by atomic mass is 10.0. The number of carbonyl (C=O) groups excluding carboxylic acids is 1. The lowest BCUT2D eigenvalue weighted by Crippen LogP contribution is -2.36. The highest BCUT2D eigenvalue weighted by molar-refractivity contribution is 5.87. The van der Waals surface area contributed by atoms with Gasteiger partial charge in [-0.15, -0.1) is 9.90 Å². The Kier molecular flexibility index (Phi) is 5.30. The van der Waals surface area contributed by atoms with Gasteiger partial charge in [-0.05, 0) is 25.0 Å². The highest BCUT2D eigenvalue weighted by Gasteiger charge is 2.32. The van der Waals surface area contributed by atoms with Crippen LogP contribution in [0.4, 0.5) is 10.6 Å². The molecule has 0 spiro atoms. The van der Waals surface area contributed by atoms with Crippen LogP contribution in [-0.2, 0) is 9.47 Å². The fourth-order valence-corrected chi connectivity index (χ4v) is 2.81. The Hall–Kier alpha value is -2.45. The summed E-state index contributed by atoms with van der Waals surface area (Å²) in [5.74, 6) is 0.0629. The maximum atomic E-state index is 12.0. The molecule has 3 rings (SSSR count). The van der Waals surface area contributed by atoms with Crippen LogP contribution in [0.3, 0.4) is 0 Å². The standard InChI is InChI=1S/C17H23N5O3/c1-13(10-17(2)24-8-9-25-17)11-18-16(23)20-15-12-19-22(21-15)14-6-4-3-5-7-14/h3-7,12-13H,8-11H2,1-2H3,(H2,18,20,21,23)/t13-/m1/s1. The summed E-state index contributed by atoms with van der Waals surface area (Å²) in [7, 11) is 0. The molecule has 25 heavy (non-hydrogen) atoms. The van der Waals surface area contributed by atoms with E-state index in [-0.39, 0.29) is 11.9 Å². The molecule has 0 bridgehead atoms. The third-order valence-corrected chi connectivity index (χ3v) is 3.95. The van der Waals surface area contributed by atoms with Gasteiger partial charge in [0.15, 0.2) is 11.6 Å². The van der Waals surface area contributed by atoms with Crippen molar-refractivity contribution in [1.29, 1.82) is 0 Å². The third kappa shape index (κ3) is 4.77. The normalized spacial score (nSPS) is 17.2. The first-order valence-corrected chi connectivity index (χ1v) is 8.35. The fraction of sp³-hybridized carbons (Fsp3) is 0.471. The number of para-hydroxylation sites is 1. The molecule has 0 unspecified atom stereocenters. The molecular weight excluding hydrogens is 322 g/mol. The smallest absolute Gasteiger partial charge is 0.320 e. The van der Waals surface area contributed by atoms with Crippen molar-refractivity contribution in [3.05, 3.63) is 36.5 Å². The van der Waals surface area contributed by atoms with E-state index in [2.05, 4.69) is 20.8 Å². The molecular formula is C17H23N5O3. The molecule has 2 aromatic rings. The van der Waals surface area contributed by atoms with Gasteiger partial charge in [-0.1, -0.05) is 25.1 Å². The lowest BCUT2D eigenvalue weighted by molar-refractivity contribution is -0.153. The number of benzene rings is 1. The molecule has 0 radical (unpaired) electrons. The second kappa shape index (κ2) is 7.62. The second-order valence-corrected chi connectivity index (χ2v) is 6.33. The van der Waals surface area contributed by atoms with Gasteiger partial charge in [-0.3, -0.25) is 5.32 Å². The van der Waals surface area contributed by atoms with E-state index in [0.29, 0.717) is 25.6 Å². The number of anilines is 1. The first-order chi connectivity index (χ1) is 12.0. The lowest BCUT2D eigenvalue weighted by Gasteiger charge is -2.25. The first-order valence-electron chi connectivity index (χ1n) is 8.35. The van der Waals surface area contributed by atoms with Crippen LogP contribution < -0.4 is 10.6 Å². The number of hydrogen-bond acceptors (Lipinski definition) is 5. The largest absolute Gasteiger partial charge is 0.348 e. The van der Waals surface area contributed by atoms with E-state index < -0.39 is 5.79 Å². The fourth-order valence-electron chi connectivity index (χ4n) is 2.81. The minimum atomic E-state index is -0.546. The molecule has 1 aromatic heterocycles. The molecule has 2 amide bonds. The summed E-state index contributed by atoms with van der Waals surface area (Å²) >= 11 is 0. The van der Waals surface area contributed by atoms with Crippen LogP contribution in [0.25, 0.3) is 5.69 Å². The van der Waals surface area contributed by atoms with Crippen LogP contribution in [0.5, 0.6) is 0 Å². The van der Waals surface area contributed by atoms with Crippen molar-refractivity contribution in [2.75, 3.05) is 25.1 Å². The quantitative estimate of drug-likeness (QED) is 0.837. The summed E-state index contributed by atoms with van der Waals surface area (Å²) < 4.78 is 11.2. The predicted octanol–water partition coefficient (Wildman–Crippen LogP) is 2.18. The van der Waals surface area contributed by atoms with Gasteiger partial charge < -0.3 is 14.8 Å². The van der Waals surface area contributed by atoms with Gasteiger partial charge in [0.2, 0.25) is 0 Å². The Morgan fingerprint density at radius 1 is 1.32 bits per heavy atom. The van der Waals surface area contributed by atoms with Gasteiger partial charge in [0.05, 0.1) is 25.1 Å². The van der Waals surface area contributed by atoms with E-state index in [9.17, 15) is 4.79 Å². The van der Waals surface area contributed by atoms with Gasteiger partial charge >= 0.3 is 6.03 Å². The molecule has 1 aliphatic rings. The Morgan fingerprint density at radius 3 is 2.76 bits per heavy atom. The van der Waals surface area contributed by atoms with E-state index in [1.165, 1.54) is 11.0 Å². The minimum Gasteiger partial charge on any atom is -0.348 e. The van der Waals surface area contributed by atoms with Crippen molar-refractivity contribution in [2.45, 2.75) is 26.1 Å². The highest BCUT2D eigenvalue weighted by Crippen LogP contribution is 2.26. The number of rotatable bonds is 6. The number of urea groups is 1. The van der Waals surface area contributed by atoms with Crippen molar-refractivity contribution >= 4 is 11.8 Å². The van der Waals surface area contributed by atoms with Crippen LogP contribution in [0.15, 0.2) is 36.5 Å². The first kappa shape index (κ1) is 17.4. The number of amides is 2. The molecule has 0 aliphatic carbocycles. The Bertz CT molecular complexity index is 697. The number of nitrogens with zero attached hydrogens (tertiary/aromatic N) is 3. The van der Waals surface area contributed by atoms with Gasteiger partial charge in [0.25, 0.3) is 0 Å². The van der Waals surface area contributed by atoms with Gasteiger partial charge in [0.1, 0.15) is 0 Å². The Labute approximate surface area is 146 Å². The molecule has 1 atom stereocenters. The van der Waals surface area contributed by atoms with E-state index in [1.54, 1.807) is 0 Å². The molecule has 1 aromatic carbocycles. The van der Waals surface area contributed by atoms with Gasteiger partial charge in [0, 0.05) is 13.0 Å². The second-order valence-electron chi connectivity index (χ2n) is 6.33. The summed E-state index contributed by atoms with van der Waals surface area (Å²) in [6, 6.07) is 9.18. The van der Waals surface area contributed by atoms with Crippen LogP contribution in [0, 0.1) is 5.92 Å². The Morgan fingerprint density at radius 2 is 2.04 bits per heavy atom. The highest BCUT2D eigenvalue weighted by atomic mass is 16.7. The predicted molar refractivity (Wildman–Crippen MR) is 92.5 cm³/mol. The number of hydrogen-bond donors (Lipinski definition) is 2. The average molecular weight is 345 g/mol. The third-order valence-electron chi connectivity index (χ3n) is 3.95. The minimum absolute atomic E-state index is 0.217. The maximum absolute atomic E-state index is 12.0. The summed E-state index contributed by atoms with van der Waals surface area (Å²) in [6.07, 6.45) is 2.23. The van der Waals surface area contributed by atoms with Crippen LogP contribution >= 0.6 is 0 Å². The summed E-state index contributed by atoms with van der Waals surface area (Å²) in [5.41, 5.74) is 0.828. The zero-order valence-electron chi connectivity index (χ0n) is 14.4. The number of carbonyl (C=O) groups is 1. The molecule has 8 nitrogen and oxygen atoms in total.